The highest BCUT2D eigenvalue weighted by Crippen LogP contribution is 2.23. The minimum atomic E-state index is -0.907. The molecule has 0 aliphatic heterocycles. The number of aromatic amines is 1. The van der Waals surface area contributed by atoms with Gasteiger partial charge in [0.05, 0.1) is 30.2 Å². The number of aliphatic hydroxyl groups excluding tert-OH is 1. The van der Waals surface area contributed by atoms with Gasteiger partial charge in [0.25, 0.3) is 0 Å². The molecule has 0 saturated heterocycles. The second-order valence-electron chi connectivity index (χ2n) is 6.09. The first kappa shape index (κ1) is 19.6. The molecule has 2 heterocycles. The summed E-state index contributed by atoms with van der Waals surface area (Å²) < 4.78 is 10.4. The number of nitrogens with one attached hydrogen (secondary N) is 3. The van der Waals surface area contributed by atoms with Gasteiger partial charge in [-0.2, -0.15) is 0 Å². The molecule has 9 nitrogen and oxygen atoms in total. The van der Waals surface area contributed by atoms with E-state index in [0.29, 0.717) is 23.8 Å². The first-order valence-electron chi connectivity index (χ1n) is 8.88. The molecule has 0 unspecified atom stereocenters. The molecular weight excluding hydrogens is 362 g/mol. The van der Waals surface area contributed by atoms with E-state index in [-0.39, 0.29) is 6.61 Å². The molecule has 2 atom stereocenters. The standard InChI is InChI=1S/C19H23N5O4/c1-3-28-18-13-10-20-16(9-14(13)23-24-18)21-19(26)22-17(15(25)11-27-2)12-7-5-4-6-8-12/h4-10,15,17,25H,3,11H2,1-2H3,(H,23,24)(H2,20,21,22,26)/t15-,17-/m0/s1. The van der Waals surface area contributed by atoms with Gasteiger partial charge >= 0.3 is 6.03 Å². The smallest absolute Gasteiger partial charge is 0.320 e. The quantitative estimate of drug-likeness (QED) is 0.472. The number of ether oxygens (including phenoxy) is 2. The predicted octanol–water partition coefficient (Wildman–Crippen LogP) is 2.23. The van der Waals surface area contributed by atoms with Crippen molar-refractivity contribution in [1.29, 1.82) is 0 Å². The molecule has 2 amide bonds. The molecule has 2 aromatic heterocycles. The number of carbonyl (C=O) groups excluding carboxylic acids is 1. The number of anilines is 1. The number of hydrogen-bond donors (Lipinski definition) is 4. The third-order valence-corrected chi connectivity index (χ3v) is 4.10. The van der Waals surface area contributed by atoms with E-state index in [1.54, 1.807) is 12.3 Å². The van der Waals surface area contributed by atoms with Crippen LogP contribution in [0.5, 0.6) is 5.88 Å². The van der Waals surface area contributed by atoms with Gasteiger partial charge < -0.3 is 19.9 Å². The molecule has 0 bridgehead atoms. The van der Waals surface area contributed by atoms with E-state index in [2.05, 4.69) is 25.8 Å². The zero-order valence-corrected chi connectivity index (χ0v) is 15.7. The maximum Gasteiger partial charge on any atom is 0.320 e. The molecule has 28 heavy (non-hydrogen) atoms. The van der Waals surface area contributed by atoms with Gasteiger partial charge in [-0.1, -0.05) is 30.3 Å². The van der Waals surface area contributed by atoms with Crippen LogP contribution >= 0.6 is 0 Å². The van der Waals surface area contributed by atoms with Crippen LogP contribution in [-0.2, 0) is 4.74 Å². The van der Waals surface area contributed by atoms with Gasteiger partial charge in [0.1, 0.15) is 11.9 Å². The highest BCUT2D eigenvalue weighted by molar-refractivity contribution is 5.92. The van der Waals surface area contributed by atoms with Gasteiger partial charge in [0.2, 0.25) is 5.88 Å². The lowest BCUT2D eigenvalue weighted by Crippen LogP contribution is -2.40. The number of nitrogens with zero attached hydrogens (tertiary/aromatic N) is 2. The number of rotatable bonds is 8. The Morgan fingerprint density at radius 1 is 1.32 bits per heavy atom. The number of H-pyrrole nitrogens is 1. The van der Waals surface area contributed by atoms with Gasteiger partial charge in [0.15, 0.2) is 0 Å². The fraction of sp³-hybridized carbons (Fsp3) is 0.316. The fourth-order valence-electron chi connectivity index (χ4n) is 2.83. The molecular formula is C19H23N5O4. The number of fused-ring (bicyclic) bond motifs is 1. The van der Waals surface area contributed by atoms with Crippen molar-refractivity contribution in [3.8, 4) is 5.88 Å². The number of amides is 2. The molecule has 1 aromatic carbocycles. The number of pyridine rings is 1. The summed E-state index contributed by atoms with van der Waals surface area (Å²) in [6.45, 7) is 2.45. The molecule has 3 rings (SSSR count). The molecule has 0 radical (unpaired) electrons. The number of urea groups is 1. The summed E-state index contributed by atoms with van der Waals surface area (Å²) in [5.41, 5.74) is 1.45. The second kappa shape index (κ2) is 9.16. The Morgan fingerprint density at radius 2 is 2.11 bits per heavy atom. The monoisotopic (exact) mass is 385 g/mol. The molecule has 0 fully saturated rings. The molecule has 3 aromatic rings. The molecule has 0 spiro atoms. The lowest BCUT2D eigenvalue weighted by Gasteiger charge is -2.24. The van der Waals surface area contributed by atoms with Gasteiger partial charge in [0, 0.05) is 19.4 Å². The Labute approximate surface area is 162 Å². The number of carbonyl (C=O) groups is 1. The summed E-state index contributed by atoms with van der Waals surface area (Å²) >= 11 is 0. The maximum atomic E-state index is 12.5. The first-order chi connectivity index (χ1) is 13.6. The largest absolute Gasteiger partial charge is 0.476 e. The van der Waals surface area contributed by atoms with Crippen LogP contribution in [0.1, 0.15) is 18.5 Å². The van der Waals surface area contributed by atoms with Crippen LogP contribution < -0.4 is 15.4 Å². The SMILES string of the molecule is CCOc1n[nH]c2cc(NC(=O)N[C@@H](c3ccccc3)[C@@H](O)COC)ncc12. The van der Waals surface area contributed by atoms with Gasteiger partial charge in [-0.05, 0) is 12.5 Å². The van der Waals surface area contributed by atoms with E-state index in [1.807, 2.05) is 37.3 Å². The minimum absolute atomic E-state index is 0.0817. The van der Waals surface area contributed by atoms with E-state index in [4.69, 9.17) is 9.47 Å². The van der Waals surface area contributed by atoms with Crippen molar-refractivity contribution in [3.63, 3.8) is 0 Å². The summed E-state index contributed by atoms with van der Waals surface area (Å²) in [6.07, 6.45) is 0.670. The average Bonchev–Trinajstić information content (AvgIpc) is 3.09. The predicted molar refractivity (Wildman–Crippen MR) is 104 cm³/mol. The van der Waals surface area contributed by atoms with Crippen molar-refractivity contribution < 1.29 is 19.4 Å². The number of aromatic nitrogens is 3. The van der Waals surface area contributed by atoms with Gasteiger partial charge in [-0.15, -0.1) is 5.10 Å². The molecule has 0 aliphatic carbocycles. The van der Waals surface area contributed by atoms with Crippen molar-refractivity contribution in [2.45, 2.75) is 19.1 Å². The van der Waals surface area contributed by atoms with Crippen LogP contribution in [0.15, 0.2) is 42.6 Å². The molecule has 4 N–H and O–H groups in total. The van der Waals surface area contributed by atoms with Gasteiger partial charge in [-0.3, -0.25) is 10.4 Å². The van der Waals surface area contributed by atoms with Crippen molar-refractivity contribution in [1.82, 2.24) is 20.5 Å². The summed E-state index contributed by atoms with van der Waals surface area (Å²) in [4.78, 5) is 16.7. The Balaban J connectivity index is 1.72. The summed E-state index contributed by atoms with van der Waals surface area (Å²) in [5.74, 6) is 0.803. The Hall–Kier alpha value is -3.17. The minimum Gasteiger partial charge on any atom is -0.476 e. The van der Waals surface area contributed by atoms with Crippen molar-refractivity contribution in [2.24, 2.45) is 0 Å². The highest BCUT2D eigenvalue weighted by atomic mass is 16.5. The van der Waals surface area contributed by atoms with Crippen molar-refractivity contribution >= 4 is 22.8 Å². The van der Waals surface area contributed by atoms with Crippen LogP contribution in [0.25, 0.3) is 10.9 Å². The molecule has 9 heteroatoms. The fourth-order valence-corrected chi connectivity index (χ4v) is 2.83. The number of benzene rings is 1. The Kier molecular flexibility index (Phi) is 6.41. The lowest BCUT2D eigenvalue weighted by molar-refractivity contribution is 0.0413. The summed E-state index contributed by atoms with van der Waals surface area (Å²) in [6, 6.07) is 9.72. The van der Waals surface area contributed by atoms with Crippen molar-refractivity contribution in [2.75, 3.05) is 25.6 Å². The molecule has 0 saturated carbocycles. The van der Waals surface area contributed by atoms with Crippen LogP contribution in [0.4, 0.5) is 10.6 Å². The lowest BCUT2D eigenvalue weighted by atomic mass is 10.0. The zero-order chi connectivity index (χ0) is 19.9. The molecule has 0 aliphatic rings. The highest BCUT2D eigenvalue weighted by Gasteiger charge is 2.23. The van der Waals surface area contributed by atoms with E-state index < -0.39 is 18.2 Å². The summed E-state index contributed by atoms with van der Waals surface area (Å²) in [5, 5.41) is 23.4. The van der Waals surface area contributed by atoms with Crippen LogP contribution in [0.3, 0.4) is 0 Å². The third kappa shape index (κ3) is 4.56. The second-order valence-corrected chi connectivity index (χ2v) is 6.09. The normalized spacial score (nSPS) is 13.1. The zero-order valence-electron chi connectivity index (χ0n) is 15.7. The van der Waals surface area contributed by atoms with E-state index in [1.165, 1.54) is 7.11 Å². The average molecular weight is 385 g/mol. The summed E-state index contributed by atoms with van der Waals surface area (Å²) in [7, 11) is 1.49. The topological polar surface area (TPSA) is 121 Å². The van der Waals surface area contributed by atoms with Gasteiger partial charge in [-0.25, -0.2) is 9.78 Å². The van der Waals surface area contributed by atoms with Crippen molar-refractivity contribution in [3.05, 3.63) is 48.2 Å². The van der Waals surface area contributed by atoms with E-state index >= 15 is 0 Å². The third-order valence-electron chi connectivity index (χ3n) is 4.10. The number of methoxy groups -OCH3 is 1. The number of hydrogen-bond acceptors (Lipinski definition) is 6. The Morgan fingerprint density at radius 3 is 2.82 bits per heavy atom. The van der Waals surface area contributed by atoms with Crippen LogP contribution in [0, 0.1) is 0 Å². The first-order valence-corrected chi connectivity index (χ1v) is 8.88. The molecule has 148 valence electrons. The van der Waals surface area contributed by atoms with E-state index in [9.17, 15) is 9.90 Å². The number of aliphatic hydroxyl groups is 1. The Bertz CT molecular complexity index is 915. The van der Waals surface area contributed by atoms with Crippen LogP contribution in [0.2, 0.25) is 0 Å². The maximum absolute atomic E-state index is 12.5. The van der Waals surface area contributed by atoms with Crippen LogP contribution in [-0.4, -0.2) is 52.7 Å². The van der Waals surface area contributed by atoms with E-state index in [0.717, 1.165) is 10.9 Å².